The molecule has 1 aromatic carbocycles. The van der Waals surface area contributed by atoms with Crippen molar-refractivity contribution in [3.05, 3.63) is 42.4 Å². The highest BCUT2D eigenvalue weighted by Gasteiger charge is 2.26. The maximum absolute atomic E-state index is 12.8. The topological polar surface area (TPSA) is 81.1 Å². The van der Waals surface area contributed by atoms with E-state index in [1.807, 2.05) is 11.0 Å². The highest BCUT2D eigenvalue weighted by molar-refractivity contribution is 7.00. The Labute approximate surface area is 142 Å². The molecule has 0 aliphatic carbocycles. The Hall–Kier alpha value is -2.61. The van der Waals surface area contributed by atoms with Crippen molar-refractivity contribution in [3.8, 4) is 5.88 Å². The van der Waals surface area contributed by atoms with Gasteiger partial charge in [-0.25, -0.2) is 9.97 Å². The highest BCUT2D eigenvalue weighted by atomic mass is 32.1. The number of hydrogen-bond acceptors (Lipinski definition) is 7. The van der Waals surface area contributed by atoms with Crippen molar-refractivity contribution < 1.29 is 9.53 Å². The number of likely N-dealkylation sites (tertiary alicyclic amines) is 1. The van der Waals surface area contributed by atoms with E-state index < -0.39 is 0 Å². The van der Waals surface area contributed by atoms with E-state index in [2.05, 4.69) is 18.7 Å². The summed E-state index contributed by atoms with van der Waals surface area (Å²) < 4.78 is 14.2. The van der Waals surface area contributed by atoms with E-state index >= 15 is 0 Å². The molecule has 3 aromatic rings. The van der Waals surface area contributed by atoms with Crippen molar-refractivity contribution in [2.45, 2.75) is 18.9 Å². The van der Waals surface area contributed by atoms with Gasteiger partial charge in [0.1, 0.15) is 23.5 Å². The molecule has 1 amide bonds. The van der Waals surface area contributed by atoms with Gasteiger partial charge in [0.25, 0.3) is 5.91 Å². The molecule has 2 aromatic heterocycles. The molecule has 24 heavy (non-hydrogen) atoms. The van der Waals surface area contributed by atoms with E-state index in [0.717, 1.165) is 42.1 Å². The lowest BCUT2D eigenvalue weighted by Crippen LogP contribution is -2.44. The number of ether oxygens (including phenoxy) is 1. The van der Waals surface area contributed by atoms with Gasteiger partial charge in [-0.2, -0.15) is 8.75 Å². The Morgan fingerprint density at radius 3 is 3.04 bits per heavy atom. The Balaban J connectivity index is 1.47. The van der Waals surface area contributed by atoms with Gasteiger partial charge in [-0.05, 0) is 31.0 Å². The van der Waals surface area contributed by atoms with Crippen LogP contribution in [0.2, 0.25) is 0 Å². The zero-order chi connectivity index (χ0) is 16.4. The predicted molar refractivity (Wildman–Crippen MR) is 89.0 cm³/mol. The van der Waals surface area contributed by atoms with Crippen LogP contribution in [0.4, 0.5) is 0 Å². The number of fused-ring (bicyclic) bond motifs is 1. The first-order valence-electron chi connectivity index (χ1n) is 7.74. The Kier molecular flexibility index (Phi) is 4.04. The second-order valence-electron chi connectivity index (χ2n) is 5.65. The fraction of sp³-hybridized carbons (Fsp3) is 0.312. The maximum atomic E-state index is 12.8. The molecule has 0 radical (unpaired) electrons. The van der Waals surface area contributed by atoms with Crippen LogP contribution < -0.4 is 4.74 Å². The quantitative estimate of drug-likeness (QED) is 0.726. The third-order valence-electron chi connectivity index (χ3n) is 4.01. The van der Waals surface area contributed by atoms with Crippen LogP contribution in [0, 0.1) is 0 Å². The van der Waals surface area contributed by atoms with Crippen LogP contribution in [0.1, 0.15) is 23.2 Å². The standard InChI is InChI=1S/C16H15N5O2S/c22-16(11-3-4-13-14(8-11)20-24-19-13)21-7-1-2-12(9-21)23-15-5-6-17-10-18-15/h3-6,8,10,12H,1-2,7,9H2/t12-/m1/s1. The number of amides is 1. The van der Waals surface area contributed by atoms with Crippen molar-refractivity contribution >= 4 is 28.7 Å². The summed E-state index contributed by atoms with van der Waals surface area (Å²) in [6, 6.07) is 7.17. The lowest BCUT2D eigenvalue weighted by Gasteiger charge is -2.32. The van der Waals surface area contributed by atoms with E-state index in [4.69, 9.17) is 4.74 Å². The molecule has 3 heterocycles. The highest BCUT2D eigenvalue weighted by Crippen LogP contribution is 2.20. The van der Waals surface area contributed by atoms with E-state index in [-0.39, 0.29) is 12.0 Å². The van der Waals surface area contributed by atoms with Gasteiger partial charge in [0.2, 0.25) is 5.88 Å². The predicted octanol–water partition coefficient (Wildman–Crippen LogP) is 2.16. The molecule has 0 bridgehead atoms. The molecule has 4 rings (SSSR count). The van der Waals surface area contributed by atoms with Crippen molar-refractivity contribution in [3.63, 3.8) is 0 Å². The molecule has 1 fully saturated rings. The molecule has 1 atom stereocenters. The van der Waals surface area contributed by atoms with Crippen LogP contribution in [0.3, 0.4) is 0 Å². The number of hydrogen-bond donors (Lipinski definition) is 0. The first kappa shape index (κ1) is 14.9. The summed E-state index contributed by atoms with van der Waals surface area (Å²) in [5, 5.41) is 0. The van der Waals surface area contributed by atoms with Gasteiger partial charge in [-0.1, -0.05) is 0 Å². The molecular formula is C16H15N5O2S. The maximum Gasteiger partial charge on any atom is 0.254 e. The summed E-state index contributed by atoms with van der Waals surface area (Å²) >= 11 is 1.15. The van der Waals surface area contributed by atoms with Crippen molar-refractivity contribution in [2.24, 2.45) is 0 Å². The van der Waals surface area contributed by atoms with Crippen molar-refractivity contribution in [2.75, 3.05) is 13.1 Å². The molecule has 0 saturated carbocycles. The Bertz CT molecular complexity index is 854. The summed E-state index contributed by atoms with van der Waals surface area (Å²) in [5.41, 5.74) is 2.22. The van der Waals surface area contributed by atoms with Crippen LogP contribution in [-0.2, 0) is 0 Å². The van der Waals surface area contributed by atoms with Crippen LogP contribution in [0.15, 0.2) is 36.8 Å². The number of aromatic nitrogens is 4. The van der Waals surface area contributed by atoms with Crippen molar-refractivity contribution in [1.29, 1.82) is 0 Å². The summed E-state index contributed by atoms with van der Waals surface area (Å²) in [7, 11) is 0. The van der Waals surface area contributed by atoms with Gasteiger partial charge in [-0.3, -0.25) is 4.79 Å². The lowest BCUT2D eigenvalue weighted by molar-refractivity contribution is 0.0527. The number of piperidine rings is 1. The van der Waals surface area contributed by atoms with Gasteiger partial charge in [0.05, 0.1) is 18.3 Å². The zero-order valence-corrected chi connectivity index (χ0v) is 13.6. The molecule has 8 heteroatoms. The molecule has 122 valence electrons. The molecule has 0 N–H and O–H groups in total. The normalized spacial score (nSPS) is 17.8. The zero-order valence-electron chi connectivity index (χ0n) is 12.8. The third kappa shape index (κ3) is 3.05. The van der Waals surface area contributed by atoms with E-state index in [1.165, 1.54) is 6.33 Å². The second kappa shape index (κ2) is 6.48. The lowest BCUT2D eigenvalue weighted by atomic mass is 10.1. The monoisotopic (exact) mass is 341 g/mol. The first-order valence-corrected chi connectivity index (χ1v) is 8.47. The number of nitrogens with zero attached hydrogens (tertiary/aromatic N) is 5. The minimum Gasteiger partial charge on any atom is -0.472 e. The van der Waals surface area contributed by atoms with Gasteiger partial charge in [-0.15, -0.1) is 0 Å². The molecule has 1 aliphatic rings. The Morgan fingerprint density at radius 1 is 1.25 bits per heavy atom. The summed E-state index contributed by atoms with van der Waals surface area (Å²) in [4.78, 5) is 22.5. The summed E-state index contributed by atoms with van der Waals surface area (Å²) in [6.07, 6.45) is 4.86. The number of carbonyl (C=O) groups is 1. The average molecular weight is 341 g/mol. The molecule has 7 nitrogen and oxygen atoms in total. The molecule has 0 unspecified atom stereocenters. The van der Waals surface area contributed by atoms with E-state index in [0.29, 0.717) is 18.0 Å². The Morgan fingerprint density at radius 2 is 2.17 bits per heavy atom. The fourth-order valence-electron chi connectivity index (χ4n) is 2.84. The molecular weight excluding hydrogens is 326 g/mol. The first-order chi connectivity index (χ1) is 11.8. The van der Waals surface area contributed by atoms with Crippen LogP contribution in [-0.4, -0.2) is 48.7 Å². The average Bonchev–Trinajstić information content (AvgIpc) is 3.10. The number of rotatable bonds is 3. The smallest absolute Gasteiger partial charge is 0.254 e. The van der Waals surface area contributed by atoms with Crippen molar-refractivity contribution in [1.82, 2.24) is 23.6 Å². The largest absolute Gasteiger partial charge is 0.472 e. The number of carbonyl (C=O) groups excluding carboxylic acids is 1. The van der Waals surface area contributed by atoms with Crippen LogP contribution in [0.25, 0.3) is 11.0 Å². The van der Waals surface area contributed by atoms with Gasteiger partial charge < -0.3 is 9.64 Å². The number of benzene rings is 1. The van der Waals surface area contributed by atoms with Gasteiger partial charge >= 0.3 is 0 Å². The summed E-state index contributed by atoms with van der Waals surface area (Å²) in [5.74, 6) is 0.542. The second-order valence-corrected chi connectivity index (χ2v) is 6.18. The molecule has 1 aliphatic heterocycles. The summed E-state index contributed by atoms with van der Waals surface area (Å²) in [6.45, 7) is 1.28. The SMILES string of the molecule is O=C(c1ccc2nsnc2c1)N1CCC[C@@H](Oc2ccncn2)C1. The third-order valence-corrected chi connectivity index (χ3v) is 4.57. The van der Waals surface area contributed by atoms with Crippen LogP contribution >= 0.6 is 11.7 Å². The van der Waals surface area contributed by atoms with E-state index in [9.17, 15) is 4.79 Å². The minimum absolute atomic E-state index is 0.000822. The van der Waals surface area contributed by atoms with Gasteiger partial charge in [0.15, 0.2) is 0 Å². The minimum atomic E-state index is -0.0535. The fourth-order valence-corrected chi connectivity index (χ4v) is 3.35. The van der Waals surface area contributed by atoms with Gasteiger partial charge in [0, 0.05) is 24.4 Å². The van der Waals surface area contributed by atoms with E-state index in [1.54, 1.807) is 24.4 Å². The molecule has 0 spiro atoms. The van der Waals surface area contributed by atoms with Crippen LogP contribution in [0.5, 0.6) is 5.88 Å². The molecule has 1 saturated heterocycles.